The molecule has 2 atom stereocenters. The molecule has 8 heteroatoms. The Morgan fingerprint density at radius 1 is 1.29 bits per heavy atom. The maximum Gasteiger partial charge on any atom is 0.326 e. The van der Waals surface area contributed by atoms with Gasteiger partial charge in [0.15, 0.2) is 5.96 Å². The summed E-state index contributed by atoms with van der Waals surface area (Å²) in [5.41, 5.74) is 5.11. The smallest absolute Gasteiger partial charge is 0.326 e. The van der Waals surface area contributed by atoms with Crippen molar-refractivity contribution >= 4 is 23.6 Å². The van der Waals surface area contributed by atoms with E-state index in [4.69, 9.17) is 16.2 Å². The third-order valence-corrected chi connectivity index (χ3v) is 3.12. The highest BCUT2D eigenvalue weighted by Gasteiger charge is 2.25. The number of unbranched alkanes of at least 4 members (excludes halogenated alkanes) is 1. The summed E-state index contributed by atoms with van der Waals surface area (Å²) in [7, 11) is 0. The molecule has 21 heavy (non-hydrogen) atoms. The van der Waals surface area contributed by atoms with Gasteiger partial charge in [0.1, 0.15) is 6.04 Å². The fourth-order valence-corrected chi connectivity index (χ4v) is 1.59. The maximum atomic E-state index is 11.7. The number of amides is 1. The number of aliphatic carboxylic acids is 1. The number of carbonyl (C=O) groups is 3. The number of hydrogen-bond donors (Lipinski definition) is 5. The normalized spacial score (nSPS) is 13.0. The van der Waals surface area contributed by atoms with E-state index in [0.29, 0.717) is 25.8 Å². The predicted octanol–water partition coefficient (Wildman–Crippen LogP) is -0.176. The minimum Gasteiger partial charge on any atom is -0.480 e. The van der Waals surface area contributed by atoms with Crippen molar-refractivity contribution in [1.29, 1.82) is 5.41 Å². The van der Waals surface area contributed by atoms with Crippen molar-refractivity contribution in [3.8, 4) is 0 Å². The van der Waals surface area contributed by atoms with E-state index in [1.54, 1.807) is 13.8 Å². The Morgan fingerprint density at radius 2 is 1.90 bits per heavy atom. The van der Waals surface area contributed by atoms with Crippen molar-refractivity contribution in [3.63, 3.8) is 0 Å². The SMILES string of the molecule is CCC(C)C(=O)C(=O)N[C@@H](CCCCNC(=N)N)C(=O)O. The number of rotatable bonds is 10. The van der Waals surface area contributed by atoms with Gasteiger partial charge in [-0.25, -0.2) is 4.79 Å². The van der Waals surface area contributed by atoms with Crippen LogP contribution in [0.4, 0.5) is 0 Å². The predicted molar refractivity (Wildman–Crippen MR) is 77.8 cm³/mol. The van der Waals surface area contributed by atoms with Crippen LogP contribution in [0.5, 0.6) is 0 Å². The first-order chi connectivity index (χ1) is 9.79. The molecule has 0 saturated heterocycles. The molecule has 0 aromatic carbocycles. The number of nitrogens with one attached hydrogen (secondary N) is 3. The fourth-order valence-electron chi connectivity index (χ4n) is 1.59. The number of carbonyl (C=O) groups excluding carboxylic acids is 2. The second-order valence-corrected chi connectivity index (χ2v) is 4.87. The van der Waals surface area contributed by atoms with Crippen LogP contribution < -0.4 is 16.4 Å². The van der Waals surface area contributed by atoms with E-state index < -0.39 is 29.6 Å². The van der Waals surface area contributed by atoms with E-state index in [0.717, 1.165) is 0 Å². The monoisotopic (exact) mass is 300 g/mol. The van der Waals surface area contributed by atoms with Gasteiger partial charge in [-0.3, -0.25) is 15.0 Å². The number of hydrogen-bond acceptors (Lipinski definition) is 4. The molecule has 6 N–H and O–H groups in total. The molecule has 0 aliphatic heterocycles. The van der Waals surface area contributed by atoms with Gasteiger partial charge in [0.2, 0.25) is 5.78 Å². The first-order valence-corrected chi connectivity index (χ1v) is 6.95. The quantitative estimate of drug-likeness (QED) is 0.164. The molecule has 0 rings (SSSR count). The first kappa shape index (κ1) is 18.9. The largest absolute Gasteiger partial charge is 0.480 e. The summed E-state index contributed by atoms with van der Waals surface area (Å²) in [6.45, 7) is 3.87. The molecule has 0 saturated carbocycles. The van der Waals surface area contributed by atoms with Gasteiger partial charge in [-0.2, -0.15) is 0 Å². The Bertz CT molecular complexity index is 398. The van der Waals surface area contributed by atoms with Gasteiger partial charge in [0.25, 0.3) is 5.91 Å². The van der Waals surface area contributed by atoms with Crippen LogP contribution in [-0.2, 0) is 14.4 Å². The van der Waals surface area contributed by atoms with Crippen LogP contribution in [0.2, 0.25) is 0 Å². The summed E-state index contributed by atoms with van der Waals surface area (Å²) in [5.74, 6) is -3.17. The highest BCUT2D eigenvalue weighted by atomic mass is 16.4. The molecule has 8 nitrogen and oxygen atoms in total. The van der Waals surface area contributed by atoms with Crippen molar-refractivity contribution in [2.45, 2.75) is 45.6 Å². The van der Waals surface area contributed by atoms with Crippen LogP contribution in [0, 0.1) is 11.3 Å². The summed E-state index contributed by atoms with van der Waals surface area (Å²) in [5, 5.41) is 20.9. The van der Waals surface area contributed by atoms with Crippen molar-refractivity contribution < 1.29 is 19.5 Å². The molecule has 0 aliphatic rings. The van der Waals surface area contributed by atoms with Gasteiger partial charge in [-0.05, 0) is 25.7 Å². The maximum absolute atomic E-state index is 11.7. The van der Waals surface area contributed by atoms with E-state index in [-0.39, 0.29) is 12.4 Å². The third kappa shape index (κ3) is 7.91. The van der Waals surface area contributed by atoms with Crippen LogP contribution in [0.1, 0.15) is 39.5 Å². The number of carboxylic acids is 1. The van der Waals surface area contributed by atoms with E-state index in [1.165, 1.54) is 0 Å². The lowest BCUT2D eigenvalue weighted by atomic mass is 10.0. The molecule has 0 fully saturated rings. The summed E-state index contributed by atoms with van der Waals surface area (Å²) in [6, 6.07) is -1.08. The highest BCUT2D eigenvalue weighted by molar-refractivity contribution is 6.37. The third-order valence-electron chi connectivity index (χ3n) is 3.12. The van der Waals surface area contributed by atoms with Crippen molar-refractivity contribution in [3.05, 3.63) is 0 Å². The van der Waals surface area contributed by atoms with E-state index in [2.05, 4.69) is 10.6 Å². The molecule has 0 bridgehead atoms. The topological polar surface area (TPSA) is 145 Å². The Morgan fingerprint density at radius 3 is 2.38 bits per heavy atom. The van der Waals surface area contributed by atoms with Crippen LogP contribution >= 0.6 is 0 Å². The van der Waals surface area contributed by atoms with E-state index in [9.17, 15) is 14.4 Å². The summed E-state index contributed by atoms with van der Waals surface area (Å²) in [4.78, 5) is 34.4. The molecule has 1 amide bonds. The second-order valence-electron chi connectivity index (χ2n) is 4.87. The van der Waals surface area contributed by atoms with Gasteiger partial charge >= 0.3 is 5.97 Å². The Labute approximate surface area is 124 Å². The van der Waals surface area contributed by atoms with Gasteiger partial charge in [-0.1, -0.05) is 13.8 Å². The van der Waals surface area contributed by atoms with Gasteiger partial charge in [-0.15, -0.1) is 0 Å². The van der Waals surface area contributed by atoms with Crippen LogP contribution in [0.3, 0.4) is 0 Å². The second kappa shape index (κ2) is 9.73. The molecule has 0 heterocycles. The summed E-state index contributed by atoms with van der Waals surface area (Å²) >= 11 is 0. The summed E-state index contributed by atoms with van der Waals surface area (Å²) in [6.07, 6.45) is 1.88. The van der Waals surface area contributed by atoms with Crippen molar-refractivity contribution in [2.24, 2.45) is 11.7 Å². The van der Waals surface area contributed by atoms with Gasteiger partial charge in [0, 0.05) is 12.5 Å². The molecule has 0 aromatic rings. The number of nitrogens with two attached hydrogens (primary N) is 1. The zero-order valence-electron chi connectivity index (χ0n) is 12.4. The lowest BCUT2D eigenvalue weighted by Gasteiger charge is -2.15. The summed E-state index contributed by atoms with van der Waals surface area (Å²) < 4.78 is 0. The number of guanidine groups is 1. The average Bonchev–Trinajstić information content (AvgIpc) is 2.43. The van der Waals surface area contributed by atoms with Crippen LogP contribution in [-0.4, -0.2) is 41.3 Å². The molecule has 0 spiro atoms. The molecule has 1 unspecified atom stereocenters. The average molecular weight is 300 g/mol. The molecule has 0 aromatic heterocycles. The lowest BCUT2D eigenvalue weighted by molar-refractivity contribution is -0.145. The Balaban J connectivity index is 4.25. The van der Waals surface area contributed by atoms with E-state index in [1.807, 2.05) is 0 Å². The zero-order chi connectivity index (χ0) is 16.4. The first-order valence-electron chi connectivity index (χ1n) is 6.95. The zero-order valence-corrected chi connectivity index (χ0v) is 12.4. The highest BCUT2D eigenvalue weighted by Crippen LogP contribution is 2.05. The number of ketones is 1. The van der Waals surface area contributed by atoms with Crippen molar-refractivity contribution in [2.75, 3.05) is 6.54 Å². The Hall–Kier alpha value is -2.12. The molecule has 120 valence electrons. The van der Waals surface area contributed by atoms with E-state index >= 15 is 0 Å². The minimum absolute atomic E-state index is 0.141. The molecule has 0 radical (unpaired) electrons. The van der Waals surface area contributed by atoms with Crippen LogP contribution in [0.25, 0.3) is 0 Å². The molecule has 0 aliphatic carbocycles. The minimum atomic E-state index is -1.17. The van der Waals surface area contributed by atoms with Crippen LogP contribution in [0.15, 0.2) is 0 Å². The number of Topliss-reactive ketones (excluding diaryl/α,β-unsaturated/α-hetero) is 1. The molecular formula is C13H24N4O4. The van der Waals surface area contributed by atoms with Crippen molar-refractivity contribution in [1.82, 2.24) is 10.6 Å². The standard InChI is InChI=1S/C13H24N4O4/c1-3-8(2)10(18)11(19)17-9(12(20)21)6-4-5-7-16-13(14)15/h8-9H,3-7H2,1-2H3,(H,17,19)(H,20,21)(H4,14,15,16)/t8?,9-/m0/s1. The van der Waals surface area contributed by atoms with Gasteiger partial charge in [0.05, 0.1) is 0 Å². The van der Waals surface area contributed by atoms with Gasteiger partial charge < -0.3 is 21.5 Å². The molecular weight excluding hydrogens is 276 g/mol. The fraction of sp³-hybridized carbons (Fsp3) is 0.692. The Kier molecular flexibility index (Phi) is 8.75. The number of carboxylic acid groups (broad SMARTS) is 1. The lowest BCUT2D eigenvalue weighted by Crippen LogP contribution is -2.45.